The first kappa shape index (κ1) is 13.0. The molecule has 1 atom stereocenters. The van der Waals surface area contributed by atoms with E-state index in [1.54, 1.807) is 0 Å². The molecule has 0 saturated carbocycles. The predicted octanol–water partition coefficient (Wildman–Crippen LogP) is 3.23. The zero-order valence-corrected chi connectivity index (χ0v) is 11.0. The molecule has 2 heteroatoms. The molecule has 2 nitrogen and oxygen atoms in total. The Hall–Kier alpha value is -1.02. The fraction of sp³-hybridized carbons (Fsp3) is 0.571. The third-order valence-corrected chi connectivity index (χ3v) is 3.41. The van der Waals surface area contributed by atoms with Crippen LogP contribution in [-0.2, 0) is 6.42 Å². The van der Waals surface area contributed by atoms with Gasteiger partial charge in [0.2, 0.25) is 0 Å². The average molecular weight is 220 g/mol. The molecule has 0 amide bonds. The van der Waals surface area contributed by atoms with Crippen LogP contribution in [0, 0.1) is 0 Å². The Morgan fingerprint density at radius 2 is 1.81 bits per heavy atom. The Labute approximate surface area is 99.5 Å². The smallest absolute Gasteiger partial charge is 0.0349 e. The second-order valence-electron chi connectivity index (χ2n) is 4.17. The summed E-state index contributed by atoms with van der Waals surface area (Å²) >= 11 is 0. The summed E-state index contributed by atoms with van der Waals surface area (Å²) < 4.78 is 0. The number of nitrogens with two attached hydrogens (primary N) is 1. The van der Waals surface area contributed by atoms with Gasteiger partial charge in [0.15, 0.2) is 0 Å². The lowest BCUT2D eigenvalue weighted by molar-refractivity contribution is 0.233. The number of nitrogen functional groups attached to an aromatic ring is 1. The zero-order valence-electron chi connectivity index (χ0n) is 11.0. The lowest BCUT2D eigenvalue weighted by atomic mass is 9.97. The second kappa shape index (κ2) is 5.90. The van der Waals surface area contributed by atoms with Crippen LogP contribution in [0.15, 0.2) is 18.2 Å². The quantitative estimate of drug-likeness (QED) is 0.772. The van der Waals surface area contributed by atoms with Gasteiger partial charge in [-0.25, -0.2) is 0 Å². The van der Waals surface area contributed by atoms with E-state index in [0.29, 0.717) is 6.04 Å². The van der Waals surface area contributed by atoms with Crippen molar-refractivity contribution in [3.8, 4) is 0 Å². The molecule has 1 rings (SSSR count). The maximum Gasteiger partial charge on any atom is 0.0349 e. The maximum atomic E-state index is 6.03. The summed E-state index contributed by atoms with van der Waals surface area (Å²) in [6, 6.07) is 6.72. The number of rotatable bonds is 5. The Kier molecular flexibility index (Phi) is 4.81. The summed E-state index contributed by atoms with van der Waals surface area (Å²) in [6.07, 6.45) is 1.01. The lowest BCUT2D eigenvalue weighted by Crippen LogP contribution is -2.27. The van der Waals surface area contributed by atoms with E-state index in [0.717, 1.165) is 25.2 Å². The third kappa shape index (κ3) is 2.56. The molecule has 0 heterocycles. The largest absolute Gasteiger partial charge is 0.398 e. The molecule has 0 aliphatic rings. The summed E-state index contributed by atoms with van der Waals surface area (Å²) in [7, 11) is 0. The van der Waals surface area contributed by atoms with Gasteiger partial charge in [-0.05, 0) is 43.6 Å². The predicted molar refractivity (Wildman–Crippen MR) is 71.6 cm³/mol. The van der Waals surface area contributed by atoms with E-state index >= 15 is 0 Å². The van der Waals surface area contributed by atoms with Gasteiger partial charge in [-0.1, -0.05) is 32.9 Å². The van der Waals surface area contributed by atoms with E-state index < -0.39 is 0 Å². The monoisotopic (exact) mass is 220 g/mol. The topological polar surface area (TPSA) is 29.3 Å². The molecule has 1 unspecified atom stereocenters. The molecule has 0 aliphatic carbocycles. The molecule has 1 aromatic carbocycles. The first-order valence-corrected chi connectivity index (χ1v) is 6.26. The van der Waals surface area contributed by atoms with Crippen LogP contribution in [0.4, 0.5) is 5.69 Å². The average Bonchev–Trinajstić information content (AvgIpc) is 2.30. The molecule has 0 saturated heterocycles. The van der Waals surface area contributed by atoms with Crippen LogP contribution in [0.25, 0.3) is 0 Å². The first-order valence-electron chi connectivity index (χ1n) is 6.26. The van der Waals surface area contributed by atoms with Crippen LogP contribution >= 0.6 is 0 Å². The van der Waals surface area contributed by atoms with Crippen molar-refractivity contribution < 1.29 is 0 Å². The number of hydrogen-bond donors (Lipinski definition) is 1. The Balaban J connectivity index is 3.07. The van der Waals surface area contributed by atoms with E-state index in [1.165, 1.54) is 11.1 Å². The minimum Gasteiger partial charge on any atom is -0.398 e. The molecule has 0 aliphatic heterocycles. The molecular weight excluding hydrogens is 196 g/mol. The molecule has 0 spiro atoms. The van der Waals surface area contributed by atoms with E-state index in [1.807, 2.05) is 6.07 Å². The first-order chi connectivity index (χ1) is 7.65. The van der Waals surface area contributed by atoms with Gasteiger partial charge in [-0.2, -0.15) is 0 Å². The highest BCUT2D eigenvalue weighted by atomic mass is 15.1. The standard InChI is InChI=1S/C14H24N2/c1-5-12-13(9-8-10-14(12)15)11(4)16(6-2)7-3/h8-11H,5-7,15H2,1-4H3. The highest BCUT2D eigenvalue weighted by Gasteiger charge is 2.16. The molecule has 1 aromatic rings. The second-order valence-corrected chi connectivity index (χ2v) is 4.17. The zero-order chi connectivity index (χ0) is 12.1. The summed E-state index contributed by atoms with van der Waals surface area (Å²) in [5.74, 6) is 0. The molecular formula is C14H24N2. The van der Waals surface area contributed by atoms with E-state index in [-0.39, 0.29) is 0 Å². The van der Waals surface area contributed by atoms with Gasteiger partial charge in [0.1, 0.15) is 0 Å². The Bertz CT molecular complexity index is 330. The van der Waals surface area contributed by atoms with Gasteiger partial charge in [0.05, 0.1) is 0 Å². The number of hydrogen-bond acceptors (Lipinski definition) is 2. The molecule has 2 N–H and O–H groups in total. The van der Waals surface area contributed by atoms with Gasteiger partial charge < -0.3 is 5.73 Å². The van der Waals surface area contributed by atoms with Crippen molar-refractivity contribution >= 4 is 5.69 Å². The molecule has 0 bridgehead atoms. The normalized spacial score (nSPS) is 13.1. The van der Waals surface area contributed by atoms with Crippen molar-refractivity contribution in [1.29, 1.82) is 0 Å². The fourth-order valence-electron chi connectivity index (χ4n) is 2.39. The van der Waals surface area contributed by atoms with E-state index in [4.69, 9.17) is 5.73 Å². The highest BCUT2D eigenvalue weighted by molar-refractivity contribution is 5.51. The number of nitrogens with zero attached hydrogens (tertiary/aromatic N) is 1. The van der Waals surface area contributed by atoms with E-state index in [9.17, 15) is 0 Å². The summed E-state index contributed by atoms with van der Waals surface area (Å²) in [5, 5.41) is 0. The van der Waals surface area contributed by atoms with Crippen molar-refractivity contribution in [2.45, 2.75) is 40.2 Å². The van der Waals surface area contributed by atoms with Crippen LogP contribution in [0.1, 0.15) is 44.9 Å². The molecule has 0 radical (unpaired) electrons. The Morgan fingerprint density at radius 1 is 1.19 bits per heavy atom. The lowest BCUT2D eigenvalue weighted by Gasteiger charge is -2.28. The van der Waals surface area contributed by atoms with Crippen molar-refractivity contribution in [3.63, 3.8) is 0 Å². The summed E-state index contributed by atoms with van der Waals surface area (Å²) in [4.78, 5) is 2.45. The summed E-state index contributed by atoms with van der Waals surface area (Å²) in [6.45, 7) is 11.0. The molecule has 0 fully saturated rings. The molecule has 0 aromatic heterocycles. The molecule has 16 heavy (non-hydrogen) atoms. The van der Waals surface area contributed by atoms with Crippen molar-refractivity contribution in [2.24, 2.45) is 0 Å². The van der Waals surface area contributed by atoms with E-state index in [2.05, 4.69) is 44.7 Å². The summed E-state index contributed by atoms with van der Waals surface area (Å²) in [5.41, 5.74) is 9.65. The highest BCUT2D eigenvalue weighted by Crippen LogP contribution is 2.27. The van der Waals surface area contributed by atoms with Crippen LogP contribution in [0.2, 0.25) is 0 Å². The Morgan fingerprint density at radius 3 is 2.31 bits per heavy atom. The van der Waals surface area contributed by atoms with Gasteiger partial charge in [-0.15, -0.1) is 0 Å². The van der Waals surface area contributed by atoms with Gasteiger partial charge in [-0.3, -0.25) is 4.90 Å². The van der Waals surface area contributed by atoms with Crippen molar-refractivity contribution in [2.75, 3.05) is 18.8 Å². The minimum absolute atomic E-state index is 0.452. The fourth-order valence-corrected chi connectivity index (χ4v) is 2.39. The van der Waals surface area contributed by atoms with Gasteiger partial charge >= 0.3 is 0 Å². The van der Waals surface area contributed by atoms with Crippen molar-refractivity contribution in [1.82, 2.24) is 4.90 Å². The van der Waals surface area contributed by atoms with Crippen molar-refractivity contribution in [3.05, 3.63) is 29.3 Å². The minimum atomic E-state index is 0.452. The number of benzene rings is 1. The van der Waals surface area contributed by atoms with Crippen LogP contribution in [0.3, 0.4) is 0 Å². The number of anilines is 1. The van der Waals surface area contributed by atoms with Gasteiger partial charge in [0, 0.05) is 11.7 Å². The van der Waals surface area contributed by atoms with Crippen LogP contribution < -0.4 is 5.73 Å². The maximum absolute atomic E-state index is 6.03. The van der Waals surface area contributed by atoms with Crippen LogP contribution in [-0.4, -0.2) is 18.0 Å². The van der Waals surface area contributed by atoms with Gasteiger partial charge in [0.25, 0.3) is 0 Å². The SMILES string of the molecule is CCc1c(N)cccc1C(C)N(CC)CC. The molecule has 90 valence electrons. The third-order valence-electron chi connectivity index (χ3n) is 3.41. The van der Waals surface area contributed by atoms with Crippen LogP contribution in [0.5, 0.6) is 0 Å².